The molecule has 20 heavy (non-hydrogen) atoms. The Bertz CT molecular complexity index is 569. The summed E-state index contributed by atoms with van der Waals surface area (Å²) >= 11 is 1.08. The lowest BCUT2D eigenvalue weighted by Gasteiger charge is -2.31. The zero-order valence-electron chi connectivity index (χ0n) is 11.8. The Labute approximate surface area is 121 Å². The Kier molecular flexibility index (Phi) is 3.94. The van der Waals surface area contributed by atoms with E-state index in [2.05, 4.69) is 31.8 Å². The maximum atomic E-state index is 12.2. The Morgan fingerprint density at radius 3 is 2.55 bits per heavy atom. The van der Waals surface area contributed by atoms with Gasteiger partial charge >= 0.3 is 5.97 Å². The number of carbonyl (C=O) groups excluding carboxylic acids is 1. The third kappa shape index (κ3) is 3.07. The average Bonchev–Trinajstić information content (AvgIpc) is 2.86. The number of aromatic carboxylic acids is 1. The van der Waals surface area contributed by atoms with E-state index in [4.69, 9.17) is 5.11 Å². The zero-order chi connectivity index (χ0) is 14.9. The van der Waals surface area contributed by atoms with Crippen molar-refractivity contribution >= 4 is 23.2 Å². The number of carboxylic acids is 1. The lowest BCUT2D eigenvalue weighted by molar-refractivity contribution is 0.0691. The lowest BCUT2D eigenvalue weighted by Crippen LogP contribution is -2.36. The predicted molar refractivity (Wildman–Crippen MR) is 77.1 cm³/mol. The number of carbonyl (C=O) groups is 2. The van der Waals surface area contributed by atoms with Gasteiger partial charge in [0.05, 0.1) is 0 Å². The topological polar surface area (TPSA) is 70.5 Å². The number of hydrogen-bond donors (Lipinski definition) is 1. The van der Waals surface area contributed by atoms with Gasteiger partial charge in [0.15, 0.2) is 10.7 Å². The van der Waals surface area contributed by atoms with E-state index in [9.17, 15) is 9.59 Å². The van der Waals surface area contributed by atoms with Gasteiger partial charge in [0.2, 0.25) is 0 Å². The van der Waals surface area contributed by atoms with E-state index in [0.29, 0.717) is 13.1 Å². The van der Waals surface area contributed by atoms with Crippen LogP contribution in [0.3, 0.4) is 0 Å². The van der Waals surface area contributed by atoms with Crippen LogP contribution in [-0.4, -0.2) is 40.0 Å². The summed E-state index contributed by atoms with van der Waals surface area (Å²) in [5.41, 5.74) is 1.42. The van der Waals surface area contributed by atoms with Crippen LogP contribution in [0.15, 0.2) is 17.0 Å². The average molecular weight is 294 g/mol. The van der Waals surface area contributed by atoms with E-state index in [1.807, 2.05) is 0 Å². The second-order valence-electron chi connectivity index (χ2n) is 5.82. The molecule has 0 radical (unpaired) electrons. The molecule has 1 amide bonds. The van der Waals surface area contributed by atoms with Crippen LogP contribution in [0.25, 0.3) is 0 Å². The number of rotatable bonds is 2. The van der Waals surface area contributed by atoms with E-state index >= 15 is 0 Å². The summed E-state index contributed by atoms with van der Waals surface area (Å²) in [6.07, 6.45) is 2.94. The highest BCUT2D eigenvalue weighted by atomic mass is 32.1. The number of thiazole rings is 1. The van der Waals surface area contributed by atoms with Gasteiger partial charge in [0.1, 0.15) is 0 Å². The molecule has 5 nitrogen and oxygen atoms in total. The molecule has 6 heteroatoms. The van der Waals surface area contributed by atoms with Crippen molar-refractivity contribution in [1.82, 2.24) is 9.88 Å². The van der Waals surface area contributed by atoms with E-state index < -0.39 is 5.97 Å². The molecule has 0 unspecified atom stereocenters. The second-order valence-corrected chi connectivity index (χ2v) is 6.68. The minimum absolute atomic E-state index is 0.0683. The normalized spacial score (nSPS) is 15.9. The van der Waals surface area contributed by atoms with Crippen molar-refractivity contribution in [2.24, 2.45) is 5.41 Å². The molecule has 2 rings (SSSR count). The minimum Gasteiger partial charge on any atom is -0.476 e. The quantitative estimate of drug-likeness (QED) is 0.851. The Morgan fingerprint density at radius 1 is 1.40 bits per heavy atom. The zero-order valence-corrected chi connectivity index (χ0v) is 12.7. The van der Waals surface area contributed by atoms with Gasteiger partial charge < -0.3 is 10.0 Å². The summed E-state index contributed by atoms with van der Waals surface area (Å²) in [7, 11) is 0. The molecule has 0 spiro atoms. The number of aromatic nitrogens is 1. The third-order valence-electron chi connectivity index (χ3n) is 3.37. The standard InChI is InChI=1S/C14H18N2O3S/c1-14(2,3)9-4-6-16(7-5-9)12(17)11-15-10(8-20-11)13(18)19/h4,8H,5-7H2,1-3H3,(H,18,19). The minimum atomic E-state index is -1.10. The molecule has 1 N–H and O–H groups in total. The molecule has 1 aliphatic heterocycles. The Morgan fingerprint density at radius 2 is 2.10 bits per heavy atom. The maximum Gasteiger partial charge on any atom is 0.355 e. The molecule has 0 aliphatic carbocycles. The molecule has 1 aromatic rings. The number of hydrogen-bond acceptors (Lipinski definition) is 4. The molecule has 2 heterocycles. The van der Waals surface area contributed by atoms with E-state index in [1.54, 1.807) is 4.90 Å². The first-order chi connectivity index (χ1) is 9.29. The van der Waals surface area contributed by atoms with Crippen LogP contribution >= 0.6 is 11.3 Å². The molecule has 1 aromatic heterocycles. The van der Waals surface area contributed by atoms with Crippen molar-refractivity contribution in [3.05, 3.63) is 27.7 Å². The third-order valence-corrected chi connectivity index (χ3v) is 4.20. The van der Waals surface area contributed by atoms with E-state index in [-0.39, 0.29) is 22.0 Å². The van der Waals surface area contributed by atoms with Gasteiger partial charge in [-0.15, -0.1) is 11.3 Å². The fraction of sp³-hybridized carbons (Fsp3) is 0.500. The van der Waals surface area contributed by atoms with Gasteiger partial charge in [-0.25, -0.2) is 9.78 Å². The fourth-order valence-corrected chi connectivity index (χ4v) is 2.90. The first-order valence-corrected chi connectivity index (χ1v) is 7.34. The second kappa shape index (κ2) is 5.36. The SMILES string of the molecule is CC(C)(C)C1=CCN(C(=O)c2nc(C(=O)O)cs2)CC1. The summed E-state index contributed by atoms with van der Waals surface area (Å²) in [6, 6.07) is 0. The van der Waals surface area contributed by atoms with Crippen LogP contribution in [0.4, 0.5) is 0 Å². The van der Waals surface area contributed by atoms with Crippen LogP contribution in [0.2, 0.25) is 0 Å². The highest BCUT2D eigenvalue weighted by Crippen LogP contribution is 2.30. The van der Waals surface area contributed by atoms with Crippen LogP contribution in [0.1, 0.15) is 47.5 Å². The van der Waals surface area contributed by atoms with Crippen molar-refractivity contribution < 1.29 is 14.7 Å². The fourth-order valence-electron chi connectivity index (χ4n) is 2.14. The van der Waals surface area contributed by atoms with Crippen molar-refractivity contribution in [3.63, 3.8) is 0 Å². The first kappa shape index (κ1) is 14.7. The molecule has 108 valence electrons. The Hall–Kier alpha value is -1.69. The van der Waals surface area contributed by atoms with Gasteiger partial charge in [-0.1, -0.05) is 32.4 Å². The van der Waals surface area contributed by atoms with Gasteiger partial charge in [0, 0.05) is 18.5 Å². The number of carboxylic acid groups (broad SMARTS) is 1. The summed E-state index contributed by atoms with van der Waals surface area (Å²) in [6.45, 7) is 7.71. The molecular weight excluding hydrogens is 276 g/mol. The number of amides is 1. The number of nitrogens with zero attached hydrogens (tertiary/aromatic N) is 2. The van der Waals surface area contributed by atoms with Gasteiger partial charge in [-0.2, -0.15) is 0 Å². The monoisotopic (exact) mass is 294 g/mol. The molecule has 1 aliphatic rings. The van der Waals surface area contributed by atoms with Gasteiger partial charge in [-0.3, -0.25) is 4.79 Å². The molecule has 0 saturated carbocycles. The largest absolute Gasteiger partial charge is 0.476 e. The molecule has 0 atom stereocenters. The smallest absolute Gasteiger partial charge is 0.355 e. The van der Waals surface area contributed by atoms with Gasteiger partial charge in [0.25, 0.3) is 5.91 Å². The van der Waals surface area contributed by atoms with Crippen molar-refractivity contribution in [1.29, 1.82) is 0 Å². The molecule has 0 fully saturated rings. The highest BCUT2D eigenvalue weighted by molar-refractivity contribution is 7.11. The van der Waals surface area contributed by atoms with Crippen molar-refractivity contribution in [3.8, 4) is 0 Å². The molecule has 0 bridgehead atoms. The van der Waals surface area contributed by atoms with Crippen LogP contribution in [-0.2, 0) is 0 Å². The maximum absolute atomic E-state index is 12.2. The summed E-state index contributed by atoms with van der Waals surface area (Å²) in [4.78, 5) is 28.6. The van der Waals surface area contributed by atoms with Crippen LogP contribution in [0, 0.1) is 5.41 Å². The van der Waals surface area contributed by atoms with Gasteiger partial charge in [-0.05, 0) is 11.8 Å². The Balaban J connectivity index is 2.08. The van der Waals surface area contributed by atoms with E-state index in [0.717, 1.165) is 17.8 Å². The predicted octanol–water partition coefficient (Wildman–Crippen LogP) is 2.66. The lowest BCUT2D eigenvalue weighted by atomic mass is 9.83. The summed E-state index contributed by atoms with van der Waals surface area (Å²) in [5, 5.41) is 10.5. The van der Waals surface area contributed by atoms with Crippen molar-refractivity contribution in [2.75, 3.05) is 13.1 Å². The summed E-state index contributed by atoms with van der Waals surface area (Å²) < 4.78 is 0. The van der Waals surface area contributed by atoms with E-state index in [1.165, 1.54) is 11.0 Å². The first-order valence-electron chi connectivity index (χ1n) is 6.46. The highest BCUT2D eigenvalue weighted by Gasteiger charge is 2.26. The molecule has 0 aromatic carbocycles. The molecule has 0 saturated heterocycles. The van der Waals surface area contributed by atoms with Crippen molar-refractivity contribution in [2.45, 2.75) is 27.2 Å². The molecular formula is C14H18N2O3S. The summed E-state index contributed by atoms with van der Waals surface area (Å²) in [5.74, 6) is -1.29. The van der Waals surface area contributed by atoms with Crippen LogP contribution in [0.5, 0.6) is 0 Å². The van der Waals surface area contributed by atoms with Crippen LogP contribution < -0.4 is 0 Å².